The highest BCUT2D eigenvalue weighted by Crippen LogP contribution is 2.38. The van der Waals surface area contributed by atoms with Crippen molar-refractivity contribution in [3.05, 3.63) is 108 Å². The lowest BCUT2D eigenvalue weighted by molar-refractivity contribution is -0.384. The van der Waals surface area contributed by atoms with Crippen molar-refractivity contribution in [2.45, 2.75) is 12.8 Å². The Morgan fingerprint density at radius 1 is 1.15 bits per heavy atom. The number of anilines is 1. The maximum absolute atomic E-state index is 13.8. The van der Waals surface area contributed by atoms with E-state index in [9.17, 15) is 24.5 Å². The third kappa shape index (κ3) is 4.66. The van der Waals surface area contributed by atoms with Gasteiger partial charge in [-0.25, -0.2) is 4.79 Å². The van der Waals surface area contributed by atoms with Gasteiger partial charge in [0.1, 0.15) is 22.0 Å². The quantitative estimate of drug-likeness (QED) is 0.199. The molecule has 13 heteroatoms. The fraction of sp³-hybridized carbons (Fsp3) is 0.115. The number of non-ortho nitro benzene ring substituents is 1. The fourth-order valence-corrected chi connectivity index (χ4v) is 5.34. The molecule has 4 heterocycles. The Labute approximate surface area is 223 Å². The van der Waals surface area contributed by atoms with Crippen LogP contribution in [0.5, 0.6) is 0 Å². The van der Waals surface area contributed by atoms with Crippen molar-refractivity contribution in [1.29, 1.82) is 0 Å². The van der Waals surface area contributed by atoms with Crippen molar-refractivity contribution in [3.8, 4) is 0 Å². The number of thiazole rings is 1. The first kappa shape index (κ1) is 25.5. The first-order valence-electron chi connectivity index (χ1n) is 11.6. The summed E-state index contributed by atoms with van der Waals surface area (Å²) < 4.78 is 17.7. The van der Waals surface area contributed by atoms with E-state index < -0.39 is 28.3 Å². The van der Waals surface area contributed by atoms with Crippen LogP contribution >= 0.6 is 11.3 Å². The summed E-state index contributed by atoms with van der Waals surface area (Å²) in [6.45, 7) is 1.64. The number of furan rings is 2. The van der Waals surface area contributed by atoms with E-state index in [0.29, 0.717) is 5.76 Å². The number of nitrogens with one attached hydrogen (secondary N) is 1. The molecule has 1 aliphatic rings. The van der Waals surface area contributed by atoms with Crippen LogP contribution in [0.15, 0.2) is 80.3 Å². The lowest BCUT2D eigenvalue weighted by Gasteiger charge is -2.25. The molecule has 3 N–H and O–H groups in total. The van der Waals surface area contributed by atoms with Crippen LogP contribution in [0.2, 0.25) is 0 Å². The average Bonchev–Trinajstić information content (AvgIpc) is 3.67. The highest BCUT2D eigenvalue weighted by Gasteiger charge is 2.40. The Morgan fingerprint density at radius 3 is 2.49 bits per heavy atom. The average molecular weight is 549 g/mol. The zero-order chi connectivity index (χ0) is 27.7. The molecule has 0 radical (unpaired) electrons. The van der Waals surface area contributed by atoms with Crippen LogP contribution in [-0.2, 0) is 14.3 Å². The van der Waals surface area contributed by atoms with Crippen LogP contribution in [0.3, 0.4) is 0 Å². The van der Waals surface area contributed by atoms with E-state index in [4.69, 9.17) is 19.3 Å². The van der Waals surface area contributed by atoms with Crippen molar-refractivity contribution in [1.82, 2.24) is 4.57 Å². The second-order valence-corrected chi connectivity index (χ2v) is 9.24. The van der Waals surface area contributed by atoms with Crippen LogP contribution in [0.25, 0.3) is 17.5 Å². The number of carbonyl (C=O) groups is 2. The second-order valence-electron chi connectivity index (χ2n) is 8.21. The lowest BCUT2D eigenvalue weighted by Crippen LogP contribution is -2.42. The first-order chi connectivity index (χ1) is 18.8. The van der Waals surface area contributed by atoms with E-state index in [0.717, 1.165) is 15.9 Å². The van der Waals surface area contributed by atoms with Gasteiger partial charge in [0.05, 0.1) is 45.7 Å². The van der Waals surface area contributed by atoms with E-state index in [1.807, 2.05) is 0 Å². The molecule has 5 rings (SSSR count). The van der Waals surface area contributed by atoms with Gasteiger partial charge in [0.15, 0.2) is 0 Å². The van der Waals surface area contributed by atoms with Crippen molar-refractivity contribution >= 4 is 52.1 Å². The highest BCUT2D eigenvalue weighted by molar-refractivity contribution is 7.07. The van der Waals surface area contributed by atoms with Gasteiger partial charge in [-0.1, -0.05) is 0 Å². The van der Waals surface area contributed by atoms with Crippen LogP contribution in [-0.4, -0.2) is 28.0 Å². The number of esters is 1. The number of hydrogen-bond donors (Lipinski definition) is 2. The summed E-state index contributed by atoms with van der Waals surface area (Å²) in [5, 5.41) is 13.7. The smallest absolute Gasteiger partial charge is 0.338 e. The zero-order valence-corrected chi connectivity index (χ0v) is 21.1. The Balaban J connectivity index is 1.76. The van der Waals surface area contributed by atoms with Gasteiger partial charge in [0, 0.05) is 23.9 Å². The number of nitro benzene ring substituents is 1. The molecule has 0 fully saturated rings. The van der Waals surface area contributed by atoms with Gasteiger partial charge >= 0.3 is 5.97 Å². The van der Waals surface area contributed by atoms with Crippen molar-refractivity contribution in [3.63, 3.8) is 0 Å². The molecule has 198 valence electrons. The summed E-state index contributed by atoms with van der Waals surface area (Å²) in [5.41, 5.74) is 5.82. The maximum atomic E-state index is 13.8. The molecule has 0 bridgehead atoms. The number of nitrogens with zero attached hydrogens (tertiary/aromatic N) is 2. The van der Waals surface area contributed by atoms with Gasteiger partial charge < -0.3 is 24.6 Å². The van der Waals surface area contributed by atoms with Crippen LogP contribution in [0.4, 0.5) is 11.4 Å². The SMILES string of the molecule is CCOC(=O)C1=C(N)n2c(s/c(=C\c3ccco3)c2=O)=C(C(=O)Nc2ccc([N+](=O)[O-])cc2)C1c1ccco1. The lowest BCUT2D eigenvalue weighted by atomic mass is 9.86. The number of carbonyl (C=O) groups excluding carboxylic acids is 2. The molecular weight excluding hydrogens is 528 g/mol. The largest absolute Gasteiger partial charge is 0.468 e. The highest BCUT2D eigenvalue weighted by atomic mass is 32.1. The number of hydrogen-bond acceptors (Lipinski definition) is 10. The number of amides is 1. The summed E-state index contributed by atoms with van der Waals surface area (Å²) in [6.07, 6.45) is 4.34. The van der Waals surface area contributed by atoms with Gasteiger partial charge in [-0.05, 0) is 43.3 Å². The summed E-state index contributed by atoms with van der Waals surface area (Å²) >= 11 is 0.985. The molecule has 1 unspecified atom stereocenters. The summed E-state index contributed by atoms with van der Waals surface area (Å²) in [7, 11) is 0. The van der Waals surface area contributed by atoms with E-state index in [1.165, 1.54) is 42.9 Å². The van der Waals surface area contributed by atoms with Gasteiger partial charge in [-0.15, -0.1) is 11.3 Å². The van der Waals surface area contributed by atoms with Crippen molar-refractivity contribution in [2.75, 3.05) is 11.9 Å². The van der Waals surface area contributed by atoms with E-state index in [2.05, 4.69) is 5.32 Å². The normalized spacial score (nSPS) is 15.3. The van der Waals surface area contributed by atoms with E-state index in [-0.39, 0.29) is 49.9 Å². The van der Waals surface area contributed by atoms with Crippen LogP contribution in [0, 0.1) is 10.1 Å². The molecule has 3 aromatic heterocycles. The molecule has 1 aromatic carbocycles. The molecule has 0 saturated heterocycles. The third-order valence-electron chi connectivity index (χ3n) is 5.87. The van der Waals surface area contributed by atoms with Crippen molar-refractivity contribution < 1.29 is 28.1 Å². The van der Waals surface area contributed by atoms with Gasteiger partial charge in [0.25, 0.3) is 17.2 Å². The van der Waals surface area contributed by atoms with Crippen molar-refractivity contribution in [2.24, 2.45) is 5.73 Å². The Kier molecular flexibility index (Phi) is 6.73. The number of fused-ring (bicyclic) bond motifs is 1. The van der Waals surface area contributed by atoms with E-state index >= 15 is 0 Å². The first-order valence-corrected chi connectivity index (χ1v) is 12.4. The number of rotatable bonds is 7. The molecule has 0 spiro atoms. The fourth-order valence-electron chi connectivity index (χ4n) is 4.18. The van der Waals surface area contributed by atoms with Gasteiger partial charge in [-0.2, -0.15) is 0 Å². The Bertz CT molecular complexity index is 1780. The number of aromatic nitrogens is 1. The predicted octanol–water partition coefficient (Wildman–Crippen LogP) is 2.11. The Hall–Kier alpha value is -5.17. The monoisotopic (exact) mass is 548 g/mol. The molecule has 1 aliphatic heterocycles. The zero-order valence-electron chi connectivity index (χ0n) is 20.3. The molecule has 1 atom stereocenters. The van der Waals surface area contributed by atoms with Crippen LogP contribution < -0.4 is 25.8 Å². The van der Waals surface area contributed by atoms with Crippen LogP contribution in [0.1, 0.15) is 24.4 Å². The molecule has 0 aliphatic carbocycles. The number of ether oxygens (including phenoxy) is 1. The maximum Gasteiger partial charge on any atom is 0.338 e. The second kappa shape index (κ2) is 10.3. The Morgan fingerprint density at radius 2 is 1.87 bits per heavy atom. The molecule has 4 aromatic rings. The topological polar surface area (TPSA) is 173 Å². The van der Waals surface area contributed by atoms with E-state index in [1.54, 1.807) is 31.2 Å². The molecule has 1 amide bonds. The molecule has 12 nitrogen and oxygen atoms in total. The number of nitrogens with two attached hydrogens (primary N) is 1. The molecular formula is C26H20N4O8S. The van der Waals surface area contributed by atoms with Gasteiger partial charge in [-0.3, -0.25) is 24.3 Å². The molecule has 39 heavy (non-hydrogen) atoms. The predicted molar refractivity (Wildman–Crippen MR) is 141 cm³/mol. The summed E-state index contributed by atoms with van der Waals surface area (Å²) in [6, 6.07) is 11.7. The standard InChI is InChI=1S/C26H20N4O8S/c1-2-36-26(33)20-19(17-6-4-12-38-17)21(23(31)28-14-7-9-15(10-8-14)30(34)35)25-29(22(20)27)24(32)18(39-25)13-16-5-3-11-37-16/h3-13,19H,2,27H2,1H3,(H,28,31)/b18-13-. The molecule has 0 saturated carbocycles. The summed E-state index contributed by atoms with van der Waals surface area (Å²) in [4.78, 5) is 51.0. The number of benzene rings is 1. The third-order valence-corrected chi connectivity index (χ3v) is 6.98. The van der Waals surface area contributed by atoms with Gasteiger partial charge in [0.2, 0.25) is 0 Å². The minimum atomic E-state index is -1.12. The number of nitro groups is 1. The minimum absolute atomic E-state index is 0.00162. The minimum Gasteiger partial charge on any atom is -0.468 e. The summed E-state index contributed by atoms with van der Waals surface area (Å²) in [5.74, 6) is -2.20.